The van der Waals surface area contributed by atoms with Crippen molar-refractivity contribution in [2.75, 3.05) is 13.7 Å². The molecule has 0 spiro atoms. The quantitative estimate of drug-likeness (QED) is 0.852. The SMILES string of the molecule is CNC(COc1cccc(Cl)c1)Cc1ccc(Cl)cc1F. The molecule has 2 nitrogen and oxygen atoms in total. The van der Waals surface area contributed by atoms with Crippen molar-refractivity contribution in [3.8, 4) is 5.75 Å². The highest BCUT2D eigenvalue weighted by Crippen LogP contribution is 2.19. The molecule has 0 bridgehead atoms. The third-order valence-electron chi connectivity index (χ3n) is 3.14. The van der Waals surface area contributed by atoms with Crippen molar-refractivity contribution in [3.05, 3.63) is 63.9 Å². The monoisotopic (exact) mass is 327 g/mol. The third kappa shape index (κ3) is 4.88. The van der Waals surface area contributed by atoms with Crippen LogP contribution in [0, 0.1) is 5.82 Å². The minimum absolute atomic E-state index is 0.0142. The molecule has 0 amide bonds. The van der Waals surface area contributed by atoms with Crippen molar-refractivity contribution in [1.29, 1.82) is 0 Å². The molecule has 2 aromatic rings. The zero-order chi connectivity index (χ0) is 15.2. The average molecular weight is 328 g/mol. The molecule has 1 atom stereocenters. The van der Waals surface area contributed by atoms with Gasteiger partial charge in [-0.1, -0.05) is 35.3 Å². The summed E-state index contributed by atoms with van der Waals surface area (Å²) in [6.07, 6.45) is 0.514. The van der Waals surface area contributed by atoms with E-state index in [1.54, 1.807) is 24.3 Å². The summed E-state index contributed by atoms with van der Waals surface area (Å²) in [5, 5.41) is 4.14. The summed E-state index contributed by atoms with van der Waals surface area (Å²) in [5.74, 6) is 0.393. The third-order valence-corrected chi connectivity index (χ3v) is 3.61. The Kier molecular flexibility index (Phi) is 5.85. The molecule has 0 saturated carbocycles. The zero-order valence-electron chi connectivity index (χ0n) is 11.6. The fraction of sp³-hybridized carbons (Fsp3) is 0.250. The predicted molar refractivity (Wildman–Crippen MR) is 84.9 cm³/mol. The lowest BCUT2D eigenvalue weighted by Crippen LogP contribution is -2.34. The highest BCUT2D eigenvalue weighted by atomic mass is 35.5. The average Bonchev–Trinajstić information content (AvgIpc) is 2.45. The normalized spacial score (nSPS) is 12.2. The van der Waals surface area contributed by atoms with Gasteiger partial charge < -0.3 is 10.1 Å². The van der Waals surface area contributed by atoms with E-state index < -0.39 is 0 Å². The molecule has 2 aromatic carbocycles. The van der Waals surface area contributed by atoms with E-state index in [2.05, 4.69) is 5.32 Å². The van der Waals surface area contributed by atoms with Crippen molar-refractivity contribution in [2.45, 2.75) is 12.5 Å². The van der Waals surface area contributed by atoms with Crippen molar-refractivity contribution in [2.24, 2.45) is 0 Å². The molecular weight excluding hydrogens is 312 g/mol. The summed E-state index contributed by atoms with van der Waals surface area (Å²) in [6.45, 7) is 0.416. The van der Waals surface area contributed by atoms with Crippen LogP contribution < -0.4 is 10.1 Å². The molecule has 0 aliphatic rings. The molecule has 112 valence electrons. The van der Waals surface area contributed by atoms with Gasteiger partial charge in [-0.3, -0.25) is 0 Å². The molecule has 0 fully saturated rings. The van der Waals surface area contributed by atoms with Crippen LogP contribution in [0.15, 0.2) is 42.5 Å². The Balaban J connectivity index is 1.97. The molecule has 2 rings (SSSR count). The Morgan fingerprint density at radius 2 is 1.90 bits per heavy atom. The first kappa shape index (κ1) is 16.1. The maximum Gasteiger partial charge on any atom is 0.127 e. The van der Waals surface area contributed by atoms with E-state index in [4.69, 9.17) is 27.9 Å². The van der Waals surface area contributed by atoms with Crippen LogP contribution >= 0.6 is 23.2 Å². The minimum Gasteiger partial charge on any atom is -0.492 e. The van der Waals surface area contributed by atoms with E-state index in [1.165, 1.54) is 6.07 Å². The van der Waals surface area contributed by atoms with Gasteiger partial charge in [-0.2, -0.15) is 0 Å². The van der Waals surface area contributed by atoms with E-state index in [9.17, 15) is 4.39 Å². The molecule has 1 N–H and O–H groups in total. The summed E-state index contributed by atoms with van der Waals surface area (Å²) < 4.78 is 19.5. The minimum atomic E-state index is -0.300. The van der Waals surface area contributed by atoms with Crippen molar-refractivity contribution < 1.29 is 9.13 Å². The highest BCUT2D eigenvalue weighted by Gasteiger charge is 2.12. The fourth-order valence-electron chi connectivity index (χ4n) is 1.95. The second kappa shape index (κ2) is 7.64. The molecular formula is C16H16Cl2FNO. The van der Waals surface area contributed by atoms with Crippen LogP contribution in [-0.2, 0) is 6.42 Å². The fourth-order valence-corrected chi connectivity index (χ4v) is 2.29. The van der Waals surface area contributed by atoms with Gasteiger partial charge in [0.25, 0.3) is 0 Å². The number of rotatable bonds is 6. The van der Waals surface area contributed by atoms with Gasteiger partial charge in [0.1, 0.15) is 18.2 Å². The first-order valence-corrected chi connectivity index (χ1v) is 7.33. The number of benzene rings is 2. The topological polar surface area (TPSA) is 21.3 Å². The van der Waals surface area contributed by atoms with Gasteiger partial charge in [-0.05, 0) is 49.4 Å². The molecule has 0 saturated heterocycles. The Bertz CT molecular complexity index is 607. The smallest absolute Gasteiger partial charge is 0.127 e. The van der Waals surface area contributed by atoms with Crippen LogP contribution in [0.5, 0.6) is 5.75 Å². The van der Waals surface area contributed by atoms with Gasteiger partial charge in [0, 0.05) is 16.1 Å². The number of likely N-dealkylation sites (N-methyl/N-ethyl adjacent to an activating group) is 1. The van der Waals surface area contributed by atoms with Crippen LogP contribution in [0.2, 0.25) is 10.0 Å². The van der Waals surface area contributed by atoms with E-state index in [0.717, 1.165) is 0 Å². The Hall–Kier alpha value is -1.29. The Morgan fingerprint density at radius 3 is 2.57 bits per heavy atom. The number of hydrogen-bond donors (Lipinski definition) is 1. The summed E-state index contributed by atoms with van der Waals surface area (Å²) in [6, 6.07) is 11.9. The van der Waals surface area contributed by atoms with Crippen LogP contribution in [0.1, 0.15) is 5.56 Å². The van der Waals surface area contributed by atoms with Gasteiger partial charge >= 0.3 is 0 Å². The second-order valence-electron chi connectivity index (χ2n) is 4.69. The van der Waals surface area contributed by atoms with Gasteiger partial charge in [0.05, 0.1) is 0 Å². The number of hydrogen-bond acceptors (Lipinski definition) is 2. The second-order valence-corrected chi connectivity index (χ2v) is 5.57. The van der Waals surface area contributed by atoms with Gasteiger partial charge in [-0.25, -0.2) is 4.39 Å². The van der Waals surface area contributed by atoms with Crippen molar-refractivity contribution >= 4 is 23.2 Å². The van der Waals surface area contributed by atoms with E-state index >= 15 is 0 Å². The summed E-state index contributed by atoms with van der Waals surface area (Å²) in [7, 11) is 1.82. The van der Waals surface area contributed by atoms with Gasteiger partial charge in [0.15, 0.2) is 0 Å². The maximum atomic E-state index is 13.8. The first-order chi connectivity index (χ1) is 10.1. The standard InChI is InChI=1S/C16H16Cl2FNO/c1-20-14(7-11-5-6-13(18)9-16(11)19)10-21-15-4-2-3-12(17)8-15/h2-6,8-9,14,20H,7,10H2,1H3. The van der Waals surface area contributed by atoms with Crippen LogP contribution in [0.3, 0.4) is 0 Å². The largest absolute Gasteiger partial charge is 0.492 e. The Labute approximate surface area is 133 Å². The lowest BCUT2D eigenvalue weighted by Gasteiger charge is -2.17. The number of ether oxygens (including phenoxy) is 1. The number of halogens is 3. The molecule has 0 heterocycles. The van der Waals surface area contributed by atoms with Gasteiger partial charge in [-0.15, -0.1) is 0 Å². The molecule has 1 unspecified atom stereocenters. The number of nitrogens with one attached hydrogen (secondary N) is 1. The molecule has 21 heavy (non-hydrogen) atoms. The molecule has 5 heteroatoms. The van der Waals surface area contributed by atoms with E-state index in [-0.39, 0.29) is 11.9 Å². The van der Waals surface area contributed by atoms with Crippen molar-refractivity contribution in [3.63, 3.8) is 0 Å². The summed E-state index contributed by atoms with van der Waals surface area (Å²) in [4.78, 5) is 0. The molecule has 0 aliphatic carbocycles. The summed E-state index contributed by atoms with van der Waals surface area (Å²) >= 11 is 11.7. The van der Waals surface area contributed by atoms with Crippen molar-refractivity contribution in [1.82, 2.24) is 5.32 Å². The van der Waals surface area contributed by atoms with Gasteiger partial charge in [0.2, 0.25) is 0 Å². The highest BCUT2D eigenvalue weighted by molar-refractivity contribution is 6.30. The molecule has 0 radical (unpaired) electrons. The van der Waals surface area contributed by atoms with E-state index in [1.807, 2.05) is 19.2 Å². The molecule has 0 aromatic heterocycles. The van der Waals surface area contributed by atoms with Crippen LogP contribution in [0.25, 0.3) is 0 Å². The first-order valence-electron chi connectivity index (χ1n) is 6.58. The van der Waals surface area contributed by atoms with Crippen LogP contribution in [-0.4, -0.2) is 19.7 Å². The lowest BCUT2D eigenvalue weighted by atomic mass is 10.1. The Morgan fingerprint density at radius 1 is 1.14 bits per heavy atom. The van der Waals surface area contributed by atoms with E-state index in [0.29, 0.717) is 34.4 Å². The molecule has 0 aliphatic heterocycles. The lowest BCUT2D eigenvalue weighted by molar-refractivity contribution is 0.269. The zero-order valence-corrected chi connectivity index (χ0v) is 13.1. The summed E-state index contributed by atoms with van der Waals surface area (Å²) in [5.41, 5.74) is 0.605. The van der Waals surface area contributed by atoms with Crippen LogP contribution in [0.4, 0.5) is 4.39 Å². The maximum absolute atomic E-state index is 13.8. The predicted octanol–water partition coefficient (Wildman–Crippen LogP) is 4.34.